The van der Waals surface area contributed by atoms with Crippen molar-refractivity contribution in [3.63, 3.8) is 0 Å². The van der Waals surface area contributed by atoms with Gasteiger partial charge in [-0.1, -0.05) is 33.3 Å². The minimum Gasteiger partial charge on any atom is -0.462 e. The molecule has 0 spiro atoms. The van der Waals surface area contributed by atoms with E-state index in [9.17, 15) is 9.59 Å². The van der Waals surface area contributed by atoms with Crippen molar-refractivity contribution >= 4 is 17.6 Å². The average molecular weight is 277 g/mol. The van der Waals surface area contributed by atoms with E-state index in [1.54, 1.807) is 24.3 Å². The number of unbranched alkanes of at least 4 members (excludes halogenated alkanes) is 1. The molecule has 1 rings (SSSR count). The summed E-state index contributed by atoms with van der Waals surface area (Å²) in [5.41, 5.74) is 1.09. The fourth-order valence-electron chi connectivity index (χ4n) is 1.70. The Hall–Kier alpha value is -1.84. The highest BCUT2D eigenvalue weighted by Crippen LogP contribution is 2.13. The Bertz CT molecular complexity index is 455. The molecular weight excluding hydrogens is 254 g/mol. The monoisotopic (exact) mass is 277 g/mol. The van der Waals surface area contributed by atoms with Gasteiger partial charge in [0.15, 0.2) is 0 Å². The van der Waals surface area contributed by atoms with Gasteiger partial charge in [-0.3, -0.25) is 4.79 Å². The van der Waals surface area contributed by atoms with Gasteiger partial charge in [0.2, 0.25) is 5.91 Å². The summed E-state index contributed by atoms with van der Waals surface area (Å²) in [6.07, 6.45) is 2.31. The quantitative estimate of drug-likeness (QED) is 0.611. The Balaban J connectivity index is 2.61. The van der Waals surface area contributed by atoms with E-state index in [0.717, 1.165) is 12.8 Å². The highest BCUT2D eigenvalue weighted by atomic mass is 16.5. The molecular formula is C16H23NO3. The number of nitrogens with one attached hydrogen (secondary N) is 1. The van der Waals surface area contributed by atoms with Crippen LogP contribution in [0.2, 0.25) is 0 Å². The number of hydrogen-bond donors (Lipinski definition) is 1. The normalized spacial score (nSPS) is 10.4. The van der Waals surface area contributed by atoms with Crippen molar-refractivity contribution < 1.29 is 14.3 Å². The van der Waals surface area contributed by atoms with Crippen LogP contribution in [-0.4, -0.2) is 18.5 Å². The third-order valence-corrected chi connectivity index (χ3v) is 2.71. The zero-order valence-corrected chi connectivity index (χ0v) is 12.4. The van der Waals surface area contributed by atoms with Crippen LogP contribution in [0, 0.1) is 5.92 Å². The van der Waals surface area contributed by atoms with E-state index >= 15 is 0 Å². The van der Waals surface area contributed by atoms with Crippen molar-refractivity contribution in [2.45, 2.75) is 40.0 Å². The molecule has 0 unspecified atom stereocenters. The Labute approximate surface area is 120 Å². The lowest BCUT2D eigenvalue weighted by molar-refractivity contribution is -0.116. The SMILES string of the molecule is CCCCOC(=O)c1cccc(NC(=O)CC(C)C)c1. The van der Waals surface area contributed by atoms with Crippen molar-refractivity contribution in [2.24, 2.45) is 5.92 Å². The molecule has 0 aliphatic rings. The smallest absolute Gasteiger partial charge is 0.338 e. The van der Waals surface area contributed by atoms with E-state index in [1.165, 1.54) is 0 Å². The molecule has 0 heterocycles. The molecule has 0 saturated heterocycles. The predicted molar refractivity (Wildman–Crippen MR) is 79.7 cm³/mol. The molecule has 1 amide bonds. The molecule has 1 aromatic rings. The van der Waals surface area contributed by atoms with E-state index in [0.29, 0.717) is 30.2 Å². The van der Waals surface area contributed by atoms with Gasteiger partial charge < -0.3 is 10.1 Å². The van der Waals surface area contributed by atoms with E-state index in [-0.39, 0.29) is 11.9 Å². The average Bonchev–Trinajstić information content (AvgIpc) is 2.38. The zero-order valence-electron chi connectivity index (χ0n) is 12.4. The van der Waals surface area contributed by atoms with Crippen LogP contribution in [0.5, 0.6) is 0 Å². The number of carbonyl (C=O) groups is 2. The van der Waals surface area contributed by atoms with Gasteiger partial charge >= 0.3 is 5.97 Å². The number of hydrogen-bond acceptors (Lipinski definition) is 3. The van der Waals surface area contributed by atoms with Gasteiger partial charge in [0, 0.05) is 12.1 Å². The molecule has 0 atom stereocenters. The second-order valence-electron chi connectivity index (χ2n) is 5.22. The van der Waals surface area contributed by atoms with Crippen LogP contribution in [0.4, 0.5) is 5.69 Å². The fraction of sp³-hybridized carbons (Fsp3) is 0.500. The number of carbonyl (C=O) groups excluding carboxylic acids is 2. The Kier molecular flexibility index (Phi) is 6.77. The molecule has 0 radical (unpaired) electrons. The summed E-state index contributed by atoms with van der Waals surface area (Å²) in [5, 5.41) is 2.79. The third kappa shape index (κ3) is 5.87. The summed E-state index contributed by atoms with van der Waals surface area (Å²) >= 11 is 0. The van der Waals surface area contributed by atoms with Crippen LogP contribution in [0.3, 0.4) is 0 Å². The fourth-order valence-corrected chi connectivity index (χ4v) is 1.70. The summed E-state index contributed by atoms with van der Waals surface area (Å²) in [6, 6.07) is 6.83. The van der Waals surface area contributed by atoms with Crippen molar-refractivity contribution in [3.8, 4) is 0 Å². The first-order valence-corrected chi connectivity index (χ1v) is 7.10. The van der Waals surface area contributed by atoms with Gasteiger partial charge in [0.1, 0.15) is 0 Å². The minimum absolute atomic E-state index is 0.0449. The van der Waals surface area contributed by atoms with Crippen LogP contribution in [-0.2, 0) is 9.53 Å². The van der Waals surface area contributed by atoms with E-state index < -0.39 is 0 Å². The molecule has 1 N–H and O–H groups in total. The standard InChI is InChI=1S/C16H23NO3/c1-4-5-9-20-16(19)13-7-6-8-14(11-13)17-15(18)10-12(2)3/h6-8,11-12H,4-5,9-10H2,1-3H3,(H,17,18). The molecule has 4 heteroatoms. The summed E-state index contributed by atoms with van der Waals surface area (Å²) in [7, 11) is 0. The zero-order chi connectivity index (χ0) is 15.0. The predicted octanol–water partition coefficient (Wildman–Crippen LogP) is 3.63. The topological polar surface area (TPSA) is 55.4 Å². The van der Waals surface area contributed by atoms with Gasteiger partial charge in [-0.2, -0.15) is 0 Å². The van der Waals surface area contributed by atoms with Crippen LogP contribution in [0.1, 0.15) is 50.4 Å². The molecule has 20 heavy (non-hydrogen) atoms. The Morgan fingerprint density at radius 2 is 2.05 bits per heavy atom. The lowest BCUT2D eigenvalue weighted by atomic mass is 10.1. The van der Waals surface area contributed by atoms with Crippen LogP contribution in [0.15, 0.2) is 24.3 Å². The summed E-state index contributed by atoms with van der Waals surface area (Å²) in [6.45, 7) is 6.44. The molecule has 0 aliphatic heterocycles. The number of ether oxygens (including phenoxy) is 1. The van der Waals surface area contributed by atoms with E-state index in [1.807, 2.05) is 20.8 Å². The number of amides is 1. The van der Waals surface area contributed by atoms with Gasteiger partial charge in [0.25, 0.3) is 0 Å². The van der Waals surface area contributed by atoms with Gasteiger partial charge in [0.05, 0.1) is 12.2 Å². The first-order chi connectivity index (χ1) is 9.52. The highest BCUT2D eigenvalue weighted by molar-refractivity contribution is 5.94. The first-order valence-electron chi connectivity index (χ1n) is 7.10. The summed E-state index contributed by atoms with van der Waals surface area (Å²) in [4.78, 5) is 23.5. The van der Waals surface area contributed by atoms with Crippen LogP contribution >= 0.6 is 0 Å². The molecule has 0 aromatic heterocycles. The van der Waals surface area contributed by atoms with Crippen molar-refractivity contribution in [3.05, 3.63) is 29.8 Å². The molecule has 0 saturated carbocycles. The summed E-state index contributed by atoms with van der Waals surface area (Å²) in [5.74, 6) is -0.0906. The molecule has 4 nitrogen and oxygen atoms in total. The van der Waals surface area contributed by atoms with Gasteiger partial charge in [-0.05, 0) is 30.5 Å². The second-order valence-corrected chi connectivity index (χ2v) is 5.22. The second kappa shape index (κ2) is 8.35. The highest BCUT2D eigenvalue weighted by Gasteiger charge is 2.09. The number of benzene rings is 1. The molecule has 0 aliphatic carbocycles. The van der Waals surface area contributed by atoms with E-state index in [4.69, 9.17) is 4.74 Å². The molecule has 1 aromatic carbocycles. The number of rotatable bonds is 7. The maximum atomic E-state index is 11.8. The first kappa shape index (κ1) is 16.2. The third-order valence-electron chi connectivity index (χ3n) is 2.71. The minimum atomic E-state index is -0.349. The molecule has 0 fully saturated rings. The van der Waals surface area contributed by atoms with E-state index in [2.05, 4.69) is 5.32 Å². The summed E-state index contributed by atoms with van der Waals surface area (Å²) < 4.78 is 5.14. The largest absolute Gasteiger partial charge is 0.462 e. The molecule has 0 bridgehead atoms. The maximum absolute atomic E-state index is 11.8. The lowest BCUT2D eigenvalue weighted by Gasteiger charge is -2.09. The maximum Gasteiger partial charge on any atom is 0.338 e. The van der Waals surface area contributed by atoms with Crippen molar-refractivity contribution in [1.82, 2.24) is 0 Å². The lowest BCUT2D eigenvalue weighted by Crippen LogP contribution is -2.14. The van der Waals surface area contributed by atoms with Crippen molar-refractivity contribution in [2.75, 3.05) is 11.9 Å². The molecule has 110 valence electrons. The Morgan fingerprint density at radius 1 is 1.30 bits per heavy atom. The van der Waals surface area contributed by atoms with Gasteiger partial charge in [-0.15, -0.1) is 0 Å². The van der Waals surface area contributed by atoms with Crippen LogP contribution in [0.25, 0.3) is 0 Å². The van der Waals surface area contributed by atoms with Crippen LogP contribution < -0.4 is 5.32 Å². The number of esters is 1. The Morgan fingerprint density at radius 3 is 2.70 bits per heavy atom. The van der Waals surface area contributed by atoms with Crippen molar-refractivity contribution in [1.29, 1.82) is 0 Å². The number of anilines is 1. The van der Waals surface area contributed by atoms with Gasteiger partial charge in [-0.25, -0.2) is 4.79 Å².